The molecule has 0 aromatic heterocycles. The van der Waals surface area contributed by atoms with Crippen LogP contribution in [-0.2, 0) is 0 Å². The van der Waals surface area contributed by atoms with Crippen molar-refractivity contribution in [1.29, 1.82) is 0 Å². The van der Waals surface area contributed by atoms with E-state index in [0.717, 1.165) is 17.9 Å². The molecule has 2 unspecified atom stereocenters. The third kappa shape index (κ3) is 1.98. The number of nitrogens with one attached hydrogen (secondary N) is 1. The summed E-state index contributed by atoms with van der Waals surface area (Å²) in [5.74, 6) is 2.10. The lowest BCUT2D eigenvalue weighted by molar-refractivity contribution is 0.460. The van der Waals surface area contributed by atoms with Gasteiger partial charge in [0.2, 0.25) is 0 Å². The van der Waals surface area contributed by atoms with Crippen LogP contribution in [-0.4, -0.2) is 12.6 Å². The predicted molar refractivity (Wildman–Crippen MR) is 42.9 cm³/mol. The summed E-state index contributed by atoms with van der Waals surface area (Å²) < 4.78 is 0. The number of hydrogen-bond acceptors (Lipinski definition) is 1. The van der Waals surface area contributed by atoms with E-state index in [2.05, 4.69) is 12.2 Å². The Morgan fingerprint density at radius 1 is 1.40 bits per heavy atom. The van der Waals surface area contributed by atoms with Crippen LogP contribution in [0.4, 0.5) is 0 Å². The summed E-state index contributed by atoms with van der Waals surface area (Å²) in [5, 5.41) is 3.36. The van der Waals surface area contributed by atoms with Crippen LogP contribution in [0.15, 0.2) is 0 Å². The van der Waals surface area contributed by atoms with E-state index in [1.807, 2.05) is 0 Å². The Morgan fingerprint density at radius 2 is 2.10 bits per heavy atom. The highest BCUT2D eigenvalue weighted by Gasteiger charge is 2.27. The van der Waals surface area contributed by atoms with Crippen LogP contribution < -0.4 is 5.32 Å². The monoisotopic (exact) mass is 139 g/mol. The first-order chi connectivity index (χ1) is 4.84. The molecule has 1 nitrogen and oxygen atoms in total. The number of hydrogen-bond donors (Lipinski definition) is 1. The fraction of sp³-hybridized carbons (Fsp3) is 1.00. The van der Waals surface area contributed by atoms with Crippen molar-refractivity contribution in [2.24, 2.45) is 11.8 Å². The maximum absolute atomic E-state index is 3.36. The van der Waals surface area contributed by atoms with Crippen molar-refractivity contribution in [1.82, 2.24) is 5.32 Å². The molecule has 1 N–H and O–H groups in total. The molecule has 2 fully saturated rings. The fourth-order valence-corrected chi connectivity index (χ4v) is 1.75. The van der Waals surface area contributed by atoms with Crippen LogP contribution in [0.25, 0.3) is 0 Å². The summed E-state index contributed by atoms with van der Waals surface area (Å²) in [6, 6.07) is 0.897. The largest absolute Gasteiger partial charge is 0.311 e. The van der Waals surface area contributed by atoms with Crippen LogP contribution in [0, 0.1) is 11.8 Å². The molecule has 1 heteroatoms. The highest BCUT2D eigenvalue weighted by molar-refractivity contribution is 4.86. The Kier molecular flexibility index (Phi) is 1.69. The Labute approximate surface area is 63.2 Å². The van der Waals surface area contributed by atoms with Crippen molar-refractivity contribution < 1.29 is 0 Å². The molecule has 1 saturated heterocycles. The Bertz CT molecular complexity index is 99.9. The highest BCUT2D eigenvalue weighted by Crippen LogP contribution is 2.36. The lowest BCUT2D eigenvalue weighted by atomic mass is 9.99. The summed E-state index contributed by atoms with van der Waals surface area (Å²) in [6.45, 7) is 3.69. The average Bonchev–Trinajstić information content (AvgIpc) is 2.59. The minimum Gasteiger partial charge on any atom is -0.311 e. The second-order valence-electron chi connectivity index (χ2n) is 4.13. The van der Waals surface area contributed by atoms with Gasteiger partial charge >= 0.3 is 0 Å². The van der Waals surface area contributed by atoms with Crippen molar-refractivity contribution in [3.63, 3.8) is 0 Å². The zero-order valence-electron chi connectivity index (χ0n) is 6.77. The smallest absolute Gasteiger partial charge is 0.0195 e. The van der Waals surface area contributed by atoms with E-state index in [4.69, 9.17) is 0 Å². The maximum Gasteiger partial charge on any atom is 0.0195 e. The summed E-state index contributed by atoms with van der Waals surface area (Å²) in [4.78, 5) is 0. The molecule has 0 aromatic rings. The van der Waals surface area contributed by atoms with Gasteiger partial charge in [-0.3, -0.25) is 0 Å². The molecule has 0 spiro atoms. The summed E-state index contributed by atoms with van der Waals surface area (Å²) >= 11 is 0. The van der Waals surface area contributed by atoms with Gasteiger partial charge in [-0.2, -0.15) is 0 Å². The SMILES string of the molecule is CC(CC1CC1)CC1CN1. The molecule has 10 heavy (non-hydrogen) atoms. The quantitative estimate of drug-likeness (QED) is 0.589. The minimum absolute atomic E-state index is 0.897. The topological polar surface area (TPSA) is 21.9 Å². The first kappa shape index (κ1) is 6.66. The molecule has 1 aliphatic heterocycles. The van der Waals surface area contributed by atoms with Crippen molar-refractivity contribution in [3.05, 3.63) is 0 Å². The molecule has 0 amide bonds. The second kappa shape index (κ2) is 2.54. The lowest BCUT2D eigenvalue weighted by Crippen LogP contribution is -2.02. The Hall–Kier alpha value is -0.0400. The number of rotatable bonds is 4. The first-order valence-electron chi connectivity index (χ1n) is 4.58. The van der Waals surface area contributed by atoms with Crippen molar-refractivity contribution in [2.75, 3.05) is 6.54 Å². The van der Waals surface area contributed by atoms with E-state index in [-0.39, 0.29) is 0 Å². The van der Waals surface area contributed by atoms with Crippen LogP contribution >= 0.6 is 0 Å². The van der Waals surface area contributed by atoms with Crippen molar-refractivity contribution >= 4 is 0 Å². The first-order valence-corrected chi connectivity index (χ1v) is 4.58. The van der Waals surface area contributed by atoms with Gasteiger partial charge < -0.3 is 5.32 Å². The van der Waals surface area contributed by atoms with E-state index in [1.165, 1.54) is 32.2 Å². The van der Waals surface area contributed by atoms with Gasteiger partial charge in [-0.05, 0) is 24.7 Å². The van der Waals surface area contributed by atoms with Crippen LogP contribution in [0.5, 0.6) is 0 Å². The molecule has 2 aliphatic rings. The van der Waals surface area contributed by atoms with Gasteiger partial charge in [-0.1, -0.05) is 19.8 Å². The predicted octanol–water partition coefficient (Wildman–Crippen LogP) is 1.78. The third-order valence-corrected chi connectivity index (χ3v) is 2.61. The molecular formula is C9H17N. The lowest BCUT2D eigenvalue weighted by Gasteiger charge is -2.07. The van der Waals surface area contributed by atoms with Gasteiger partial charge in [-0.15, -0.1) is 0 Å². The minimum atomic E-state index is 0.897. The van der Waals surface area contributed by atoms with Gasteiger partial charge in [0.25, 0.3) is 0 Å². The standard InChI is InChI=1S/C9H17N/c1-7(4-8-2-3-8)5-9-6-10-9/h7-10H,2-6H2,1H3. The molecular weight excluding hydrogens is 122 g/mol. The van der Waals surface area contributed by atoms with Crippen LogP contribution in [0.1, 0.15) is 32.6 Å². The Morgan fingerprint density at radius 3 is 2.60 bits per heavy atom. The molecule has 1 saturated carbocycles. The summed E-state index contributed by atoms with van der Waals surface area (Å²) in [7, 11) is 0. The molecule has 0 aromatic carbocycles. The van der Waals surface area contributed by atoms with Crippen LogP contribution in [0.3, 0.4) is 0 Å². The highest BCUT2D eigenvalue weighted by atomic mass is 15.1. The maximum atomic E-state index is 3.36. The van der Waals surface area contributed by atoms with Gasteiger partial charge in [0.15, 0.2) is 0 Å². The molecule has 2 atom stereocenters. The molecule has 58 valence electrons. The van der Waals surface area contributed by atoms with Gasteiger partial charge in [0, 0.05) is 12.6 Å². The van der Waals surface area contributed by atoms with Crippen molar-refractivity contribution in [3.8, 4) is 0 Å². The van der Waals surface area contributed by atoms with Crippen LogP contribution in [0.2, 0.25) is 0 Å². The van der Waals surface area contributed by atoms with Gasteiger partial charge in [-0.25, -0.2) is 0 Å². The summed E-state index contributed by atoms with van der Waals surface area (Å²) in [6.07, 6.45) is 5.96. The molecule has 1 heterocycles. The van der Waals surface area contributed by atoms with Gasteiger partial charge in [0.05, 0.1) is 0 Å². The zero-order valence-corrected chi connectivity index (χ0v) is 6.77. The molecule has 0 radical (unpaired) electrons. The normalized spacial score (nSPS) is 33.9. The fourth-order valence-electron chi connectivity index (χ4n) is 1.75. The third-order valence-electron chi connectivity index (χ3n) is 2.61. The van der Waals surface area contributed by atoms with E-state index in [0.29, 0.717) is 0 Å². The van der Waals surface area contributed by atoms with Crippen molar-refractivity contribution in [2.45, 2.75) is 38.6 Å². The van der Waals surface area contributed by atoms with Gasteiger partial charge in [0.1, 0.15) is 0 Å². The van der Waals surface area contributed by atoms with E-state index in [1.54, 1.807) is 0 Å². The molecule has 0 bridgehead atoms. The molecule has 2 rings (SSSR count). The second-order valence-corrected chi connectivity index (χ2v) is 4.13. The average molecular weight is 139 g/mol. The molecule has 1 aliphatic carbocycles. The van der Waals surface area contributed by atoms with E-state index >= 15 is 0 Å². The summed E-state index contributed by atoms with van der Waals surface area (Å²) in [5.41, 5.74) is 0. The zero-order chi connectivity index (χ0) is 6.97. The Balaban J connectivity index is 1.60. The van der Waals surface area contributed by atoms with E-state index in [9.17, 15) is 0 Å². The van der Waals surface area contributed by atoms with E-state index < -0.39 is 0 Å².